The summed E-state index contributed by atoms with van der Waals surface area (Å²) in [6.45, 7) is 3.35. The Hall–Kier alpha value is -2.11. The number of likely N-dealkylation sites (tertiary alicyclic amines) is 1. The highest BCUT2D eigenvalue weighted by molar-refractivity contribution is 5.85. The highest BCUT2D eigenvalue weighted by Gasteiger charge is 2.21. The zero-order valence-corrected chi connectivity index (χ0v) is 10.8. The Kier molecular flexibility index (Phi) is 3.99. The molecule has 6 nitrogen and oxygen atoms in total. The summed E-state index contributed by atoms with van der Waals surface area (Å²) < 4.78 is 0. The molecule has 0 aliphatic carbocycles. The first-order valence-electron chi connectivity index (χ1n) is 6.31. The molecular formula is C13H17N3O3. The minimum atomic E-state index is -1.05. The number of carbonyl (C=O) groups excluding carboxylic acids is 1. The maximum Gasteiger partial charge on any atom is 0.354 e. The van der Waals surface area contributed by atoms with Gasteiger partial charge in [0.15, 0.2) is 5.69 Å². The first-order valence-corrected chi connectivity index (χ1v) is 6.31. The number of nitrogens with one attached hydrogen (secondary N) is 1. The number of nitrogens with zero attached hydrogens (tertiary/aromatic N) is 2. The number of aromatic nitrogens is 1. The van der Waals surface area contributed by atoms with Crippen LogP contribution in [0, 0.1) is 0 Å². The summed E-state index contributed by atoms with van der Waals surface area (Å²) in [6, 6.07) is 4.84. The molecular weight excluding hydrogens is 246 g/mol. The number of carbonyl (C=O) groups is 2. The fourth-order valence-electron chi connectivity index (χ4n) is 2.16. The van der Waals surface area contributed by atoms with Crippen LogP contribution in [0.15, 0.2) is 18.2 Å². The second-order valence-electron chi connectivity index (χ2n) is 4.70. The molecule has 0 bridgehead atoms. The van der Waals surface area contributed by atoms with E-state index in [0.717, 1.165) is 13.0 Å². The molecule has 102 valence electrons. The van der Waals surface area contributed by atoms with Crippen LogP contribution in [-0.4, -0.2) is 46.0 Å². The number of carboxylic acid groups (broad SMARTS) is 1. The Bertz CT molecular complexity index is 490. The average molecular weight is 263 g/mol. The molecule has 0 radical (unpaired) electrons. The molecule has 1 aliphatic heterocycles. The predicted molar refractivity (Wildman–Crippen MR) is 70.1 cm³/mol. The van der Waals surface area contributed by atoms with E-state index in [0.29, 0.717) is 18.8 Å². The predicted octanol–water partition coefficient (Wildman–Crippen LogP) is 1.20. The highest BCUT2D eigenvalue weighted by atomic mass is 16.4. The topological polar surface area (TPSA) is 82.5 Å². The molecule has 6 heteroatoms. The van der Waals surface area contributed by atoms with E-state index in [2.05, 4.69) is 10.3 Å². The fourth-order valence-corrected chi connectivity index (χ4v) is 2.16. The molecule has 0 aromatic carbocycles. The SMILES string of the molecule is CC(CN1CCCC1=O)Nc1cccc(C(=O)O)n1. The van der Waals surface area contributed by atoms with Gasteiger partial charge < -0.3 is 15.3 Å². The number of anilines is 1. The zero-order valence-electron chi connectivity index (χ0n) is 10.8. The standard InChI is InChI=1S/C13H17N3O3/c1-9(8-16-7-3-6-12(16)17)14-11-5-2-4-10(15-11)13(18)19/h2,4-5,9H,3,6-8H2,1H3,(H,14,15)(H,18,19). The van der Waals surface area contributed by atoms with Crippen LogP contribution in [0.4, 0.5) is 5.82 Å². The van der Waals surface area contributed by atoms with E-state index in [-0.39, 0.29) is 17.6 Å². The van der Waals surface area contributed by atoms with Crippen molar-refractivity contribution in [1.29, 1.82) is 0 Å². The van der Waals surface area contributed by atoms with Crippen LogP contribution in [0.2, 0.25) is 0 Å². The molecule has 1 amide bonds. The molecule has 2 N–H and O–H groups in total. The summed E-state index contributed by atoms with van der Waals surface area (Å²) in [4.78, 5) is 28.1. The van der Waals surface area contributed by atoms with Crippen molar-refractivity contribution < 1.29 is 14.7 Å². The zero-order chi connectivity index (χ0) is 13.8. The van der Waals surface area contributed by atoms with E-state index in [4.69, 9.17) is 5.11 Å². The second kappa shape index (κ2) is 5.69. The van der Waals surface area contributed by atoms with Gasteiger partial charge in [0.1, 0.15) is 5.82 Å². The van der Waals surface area contributed by atoms with Crippen molar-refractivity contribution in [1.82, 2.24) is 9.88 Å². The van der Waals surface area contributed by atoms with E-state index in [9.17, 15) is 9.59 Å². The van der Waals surface area contributed by atoms with E-state index in [1.165, 1.54) is 6.07 Å². The molecule has 1 aromatic rings. The number of aromatic carboxylic acids is 1. The molecule has 1 saturated heterocycles. The molecule has 19 heavy (non-hydrogen) atoms. The van der Waals surface area contributed by atoms with Gasteiger partial charge in [-0.3, -0.25) is 4.79 Å². The molecule has 1 aliphatic rings. The van der Waals surface area contributed by atoms with Crippen LogP contribution in [0.25, 0.3) is 0 Å². The second-order valence-corrected chi connectivity index (χ2v) is 4.70. The first kappa shape index (κ1) is 13.3. The third-order valence-electron chi connectivity index (χ3n) is 3.03. The Morgan fingerprint density at radius 1 is 1.58 bits per heavy atom. The van der Waals surface area contributed by atoms with Crippen LogP contribution in [0.5, 0.6) is 0 Å². The quantitative estimate of drug-likeness (QED) is 0.834. The fraction of sp³-hybridized carbons (Fsp3) is 0.462. The lowest BCUT2D eigenvalue weighted by Gasteiger charge is -2.22. The van der Waals surface area contributed by atoms with Gasteiger partial charge in [-0.1, -0.05) is 6.07 Å². The summed E-state index contributed by atoms with van der Waals surface area (Å²) in [5.74, 6) is -0.356. The van der Waals surface area contributed by atoms with Gasteiger partial charge in [-0.15, -0.1) is 0 Å². The molecule has 1 aromatic heterocycles. The number of rotatable bonds is 5. The molecule has 1 unspecified atom stereocenters. The van der Waals surface area contributed by atoms with Crippen molar-refractivity contribution in [3.8, 4) is 0 Å². The van der Waals surface area contributed by atoms with Gasteiger partial charge in [0.05, 0.1) is 0 Å². The summed E-state index contributed by atoms with van der Waals surface area (Å²) in [6.07, 6.45) is 1.54. The number of carboxylic acids is 1. The lowest BCUT2D eigenvalue weighted by atomic mass is 10.3. The third-order valence-corrected chi connectivity index (χ3v) is 3.03. The first-order chi connectivity index (χ1) is 9.06. The molecule has 2 rings (SSSR count). The van der Waals surface area contributed by atoms with Gasteiger partial charge in [0.2, 0.25) is 5.91 Å². The minimum Gasteiger partial charge on any atom is -0.477 e. The number of amides is 1. The van der Waals surface area contributed by atoms with Crippen LogP contribution in [-0.2, 0) is 4.79 Å². The van der Waals surface area contributed by atoms with Crippen molar-refractivity contribution in [3.05, 3.63) is 23.9 Å². The smallest absolute Gasteiger partial charge is 0.354 e. The van der Waals surface area contributed by atoms with Gasteiger partial charge in [0.25, 0.3) is 0 Å². The summed E-state index contributed by atoms with van der Waals surface area (Å²) in [7, 11) is 0. The van der Waals surface area contributed by atoms with Crippen LogP contribution >= 0.6 is 0 Å². The monoisotopic (exact) mass is 263 g/mol. The molecule has 1 atom stereocenters. The summed E-state index contributed by atoms with van der Waals surface area (Å²) in [5, 5.41) is 12.0. The van der Waals surface area contributed by atoms with E-state index in [1.54, 1.807) is 12.1 Å². The Balaban J connectivity index is 1.94. The van der Waals surface area contributed by atoms with Crippen LogP contribution in [0.1, 0.15) is 30.3 Å². The lowest BCUT2D eigenvalue weighted by molar-refractivity contribution is -0.127. The van der Waals surface area contributed by atoms with Crippen molar-refractivity contribution in [2.24, 2.45) is 0 Å². The minimum absolute atomic E-state index is 0.00875. The van der Waals surface area contributed by atoms with Gasteiger partial charge >= 0.3 is 5.97 Å². The normalized spacial score (nSPS) is 16.5. The van der Waals surface area contributed by atoms with Crippen LogP contribution < -0.4 is 5.32 Å². The maximum atomic E-state index is 11.5. The summed E-state index contributed by atoms with van der Waals surface area (Å²) >= 11 is 0. The van der Waals surface area contributed by atoms with Gasteiger partial charge in [-0.05, 0) is 25.5 Å². The van der Waals surface area contributed by atoms with Crippen molar-refractivity contribution >= 4 is 17.7 Å². The van der Waals surface area contributed by atoms with E-state index >= 15 is 0 Å². The number of pyridine rings is 1. The molecule has 0 spiro atoms. The molecule has 2 heterocycles. The van der Waals surface area contributed by atoms with E-state index in [1.807, 2.05) is 11.8 Å². The van der Waals surface area contributed by atoms with Gasteiger partial charge in [-0.25, -0.2) is 9.78 Å². The average Bonchev–Trinajstić information content (AvgIpc) is 2.75. The van der Waals surface area contributed by atoms with Crippen molar-refractivity contribution in [3.63, 3.8) is 0 Å². The maximum absolute atomic E-state index is 11.5. The van der Waals surface area contributed by atoms with Crippen molar-refractivity contribution in [2.75, 3.05) is 18.4 Å². The molecule has 0 saturated carbocycles. The van der Waals surface area contributed by atoms with Gasteiger partial charge in [0, 0.05) is 25.6 Å². The van der Waals surface area contributed by atoms with Crippen molar-refractivity contribution in [2.45, 2.75) is 25.8 Å². The Labute approximate surface area is 111 Å². The van der Waals surface area contributed by atoms with Gasteiger partial charge in [-0.2, -0.15) is 0 Å². The Morgan fingerprint density at radius 3 is 3.00 bits per heavy atom. The largest absolute Gasteiger partial charge is 0.477 e. The third kappa shape index (κ3) is 3.43. The summed E-state index contributed by atoms with van der Waals surface area (Å²) in [5.41, 5.74) is 0.00875. The van der Waals surface area contributed by atoms with E-state index < -0.39 is 5.97 Å². The highest BCUT2D eigenvalue weighted by Crippen LogP contribution is 2.12. The number of hydrogen-bond acceptors (Lipinski definition) is 4. The Morgan fingerprint density at radius 2 is 2.37 bits per heavy atom. The lowest BCUT2D eigenvalue weighted by Crippen LogP contribution is -2.35. The van der Waals surface area contributed by atoms with Crippen LogP contribution in [0.3, 0.4) is 0 Å². The molecule has 1 fully saturated rings. The number of hydrogen-bond donors (Lipinski definition) is 2.